The standard InChI is InChI=1S/C21H26N2O6S/c1-13(2)23-30(26,27)19-12-16(10-11-18(19)28-5)21(25)29-15(4)20(24)22-17-9-7-6-8-14(17)3/h6-13,15,23H,1-5H3,(H,22,24). The Balaban J connectivity index is 2.19. The van der Waals surface area contributed by atoms with E-state index in [-0.39, 0.29) is 22.3 Å². The van der Waals surface area contributed by atoms with E-state index in [2.05, 4.69) is 10.0 Å². The summed E-state index contributed by atoms with van der Waals surface area (Å²) in [5.41, 5.74) is 1.46. The first kappa shape index (κ1) is 23.4. The monoisotopic (exact) mass is 434 g/mol. The third-order valence-electron chi connectivity index (χ3n) is 4.14. The Bertz CT molecular complexity index is 1030. The summed E-state index contributed by atoms with van der Waals surface area (Å²) in [5, 5.41) is 2.70. The third-order valence-corrected chi connectivity index (χ3v) is 5.82. The van der Waals surface area contributed by atoms with Crippen LogP contribution in [0.2, 0.25) is 0 Å². The van der Waals surface area contributed by atoms with Gasteiger partial charge in [-0.05, 0) is 57.5 Å². The van der Waals surface area contributed by atoms with Crippen LogP contribution in [0.3, 0.4) is 0 Å². The van der Waals surface area contributed by atoms with E-state index in [0.29, 0.717) is 5.69 Å². The Kier molecular flexibility index (Phi) is 7.58. The number of carbonyl (C=O) groups excluding carboxylic acids is 2. The van der Waals surface area contributed by atoms with E-state index in [4.69, 9.17) is 9.47 Å². The fraction of sp³-hybridized carbons (Fsp3) is 0.333. The summed E-state index contributed by atoms with van der Waals surface area (Å²) in [6.07, 6.45) is -1.09. The van der Waals surface area contributed by atoms with Crippen molar-refractivity contribution in [2.24, 2.45) is 0 Å². The van der Waals surface area contributed by atoms with Gasteiger partial charge in [-0.25, -0.2) is 17.9 Å². The summed E-state index contributed by atoms with van der Waals surface area (Å²) in [6.45, 7) is 6.64. The molecule has 9 heteroatoms. The van der Waals surface area contributed by atoms with Gasteiger partial charge in [0, 0.05) is 11.7 Å². The largest absolute Gasteiger partial charge is 0.495 e. The van der Waals surface area contributed by atoms with E-state index < -0.39 is 28.0 Å². The van der Waals surface area contributed by atoms with Gasteiger partial charge in [-0.2, -0.15) is 0 Å². The predicted molar refractivity (Wildman–Crippen MR) is 113 cm³/mol. The molecule has 1 unspecified atom stereocenters. The Labute approximate surface area is 176 Å². The van der Waals surface area contributed by atoms with Crippen molar-refractivity contribution < 1.29 is 27.5 Å². The van der Waals surface area contributed by atoms with Crippen LogP contribution in [0.25, 0.3) is 0 Å². The van der Waals surface area contributed by atoms with Crippen molar-refractivity contribution in [3.63, 3.8) is 0 Å². The SMILES string of the molecule is COc1ccc(C(=O)OC(C)C(=O)Nc2ccccc2C)cc1S(=O)(=O)NC(C)C. The average Bonchev–Trinajstić information content (AvgIpc) is 2.68. The van der Waals surface area contributed by atoms with Crippen molar-refractivity contribution >= 4 is 27.6 Å². The normalized spacial score (nSPS) is 12.3. The number of hydrogen-bond donors (Lipinski definition) is 2. The quantitative estimate of drug-likeness (QED) is 0.618. The number of anilines is 1. The number of rotatable bonds is 8. The minimum Gasteiger partial charge on any atom is -0.495 e. The topological polar surface area (TPSA) is 111 Å². The first-order chi connectivity index (χ1) is 14.0. The third kappa shape index (κ3) is 5.80. The Morgan fingerprint density at radius 3 is 2.30 bits per heavy atom. The predicted octanol–water partition coefficient (Wildman–Crippen LogP) is 2.87. The second-order valence-electron chi connectivity index (χ2n) is 6.99. The maximum atomic E-state index is 12.6. The molecule has 30 heavy (non-hydrogen) atoms. The molecule has 0 aromatic heterocycles. The molecule has 2 rings (SSSR count). The van der Waals surface area contributed by atoms with Gasteiger partial charge < -0.3 is 14.8 Å². The highest BCUT2D eigenvalue weighted by Crippen LogP contribution is 2.25. The minimum absolute atomic E-state index is 0.0181. The van der Waals surface area contributed by atoms with Crippen molar-refractivity contribution in [1.29, 1.82) is 0 Å². The molecule has 0 spiro atoms. The molecular formula is C21H26N2O6S. The molecule has 162 valence electrons. The van der Waals surface area contributed by atoms with Crippen LogP contribution in [0.4, 0.5) is 5.69 Å². The lowest BCUT2D eigenvalue weighted by molar-refractivity contribution is -0.123. The highest BCUT2D eigenvalue weighted by molar-refractivity contribution is 7.89. The van der Waals surface area contributed by atoms with Gasteiger partial charge in [0.2, 0.25) is 10.0 Å². The van der Waals surface area contributed by atoms with Crippen molar-refractivity contribution in [2.75, 3.05) is 12.4 Å². The second-order valence-corrected chi connectivity index (χ2v) is 8.68. The molecule has 2 aromatic rings. The molecule has 0 aliphatic heterocycles. The number of nitrogens with one attached hydrogen (secondary N) is 2. The summed E-state index contributed by atoms with van der Waals surface area (Å²) in [7, 11) is -2.58. The first-order valence-corrected chi connectivity index (χ1v) is 10.8. The molecule has 2 aromatic carbocycles. The van der Waals surface area contributed by atoms with Crippen LogP contribution in [0.5, 0.6) is 5.75 Å². The molecule has 0 aliphatic rings. The summed E-state index contributed by atoms with van der Waals surface area (Å²) < 4.78 is 37.9. The fourth-order valence-corrected chi connectivity index (χ4v) is 4.06. The molecule has 0 heterocycles. The van der Waals surface area contributed by atoms with Crippen LogP contribution in [-0.4, -0.2) is 39.5 Å². The summed E-state index contributed by atoms with van der Waals surface area (Å²) in [5.74, 6) is -1.24. The number of benzene rings is 2. The van der Waals surface area contributed by atoms with Gasteiger partial charge in [0.15, 0.2) is 6.10 Å². The van der Waals surface area contributed by atoms with Crippen LogP contribution >= 0.6 is 0 Å². The molecule has 2 N–H and O–H groups in total. The van der Waals surface area contributed by atoms with Crippen molar-refractivity contribution in [2.45, 2.75) is 44.7 Å². The number of ether oxygens (including phenoxy) is 2. The molecular weight excluding hydrogens is 408 g/mol. The van der Waals surface area contributed by atoms with E-state index in [1.807, 2.05) is 19.1 Å². The van der Waals surface area contributed by atoms with E-state index in [0.717, 1.165) is 11.6 Å². The van der Waals surface area contributed by atoms with Gasteiger partial charge in [0.05, 0.1) is 12.7 Å². The van der Waals surface area contributed by atoms with E-state index in [1.165, 1.54) is 26.2 Å². The highest BCUT2D eigenvalue weighted by atomic mass is 32.2. The second kappa shape index (κ2) is 9.73. The van der Waals surface area contributed by atoms with Crippen LogP contribution in [0, 0.1) is 6.92 Å². The van der Waals surface area contributed by atoms with Gasteiger partial charge >= 0.3 is 5.97 Å². The number of amides is 1. The van der Waals surface area contributed by atoms with Gasteiger partial charge in [0.25, 0.3) is 5.91 Å². The van der Waals surface area contributed by atoms with Crippen molar-refractivity contribution in [1.82, 2.24) is 4.72 Å². The van der Waals surface area contributed by atoms with Gasteiger partial charge in [-0.15, -0.1) is 0 Å². The molecule has 0 bridgehead atoms. The zero-order chi connectivity index (χ0) is 22.5. The number of esters is 1. The minimum atomic E-state index is -3.91. The molecule has 1 amide bonds. The number of sulfonamides is 1. The zero-order valence-corrected chi connectivity index (χ0v) is 18.4. The number of methoxy groups -OCH3 is 1. The first-order valence-electron chi connectivity index (χ1n) is 9.33. The lowest BCUT2D eigenvalue weighted by Crippen LogP contribution is -2.31. The Morgan fingerprint density at radius 1 is 1.03 bits per heavy atom. The van der Waals surface area contributed by atoms with E-state index in [1.54, 1.807) is 26.0 Å². The summed E-state index contributed by atoms with van der Waals surface area (Å²) in [4.78, 5) is 24.7. The molecule has 0 fully saturated rings. The average molecular weight is 435 g/mol. The Hall–Kier alpha value is -2.91. The van der Waals surface area contributed by atoms with Gasteiger partial charge in [0.1, 0.15) is 10.6 Å². The van der Waals surface area contributed by atoms with Crippen LogP contribution in [-0.2, 0) is 19.6 Å². The summed E-state index contributed by atoms with van der Waals surface area (Å²) in [6, 6.07) is 10.8. The Morgan fingerprint density at radius 2 is 1.70 bits per heavy atom. The number of para-hydroxylation sites is 1. The number of aryl methyl sites for hydroxylation is 1. The smallest absolute Gasteiger partial charge is 0.338 e. The van der Waals surface area contributed by atoms with Crippen LogP contribution in [0.15, 0.2) is 47.4 Å². The molecule has 0 aliphatic carbocycles. The zero-order valence-electron chi connectivity index (χ0n) is 17.6. The molecule has 0 saturated heterocycles. The van der Waals surface area contributed by atoms with Crippen molar-refractivity contribution in [3.8, 4) is 5.75 Å². The molecule has 1 atom stereocenters. The number of carbonyl (C=O) groups is 2. The lowest BCUT2D eigenvalue weighted by Gasteiger charge is -2.16. The number of hydrogen-bond acceptors (Lipinski definition) is 6. The van der Waals surface area contributed by atoms with E-state index >= 15 is 0 Å². The maximum Gasteiger partial charge on any atom is 0.338 e. The van der Waals surface area contributed by atoms with Crippen LogP contribution < -0.4 is 14.8 Å². The van der Waals surface area contributed by atoms with Crippen LogP contribution in [0.1, 0.15) is 36.7 Å². The maximum absolute atomic E-state index is 12.6. The van der Waals surface area contributed by atoms with E-state index in [9.17, 15) is 18.0 Å². The van der Waals surface area contributed by atoms with Gasteiger partial charge in [-0.3, -0.25) is 4.79 Å². The molecule has 0 radical (unpaired) electrons. The molecule has 8 nitrogen and oxygen atoms in total. The summed E-state index contributed by atoms with van der Waals surface area (Å²) >= 11 is 0. The van der Waals surface area contributed by atoms with Crippen molar-refractivity contribution in [3.05, 3.63) is 53.6 Å². The molecule has 0 saturated carbocycles. The lowest BCUT2D eigenvalue weighted by atomic mass is 10.2. The fourth-order valence-electron chi connectivity index (χ4n) is 2.62. The highest BCUT2D eigenvalue weighted by Gasteiger charge is 2.25. The van der Waals surface area contributed by atoms with Gasteiger partial charge in [-0.1, -0.05) is 18.2 Å².